The maximum Gasteiger partial charge on any atom is 0.129 e. The fourth-order valence-electron chi connectivity index (χ4n) is 4.02. The van der Waals surface area contributed by atoms with Crippen LogP contribution in [0.3, 0.4) is 0 Å². The van der Waals surface area contributed by atoms with Crippen LogP contribution in [0.4, 0.5) is 5.69 Å². The van der Waals surface area contributed by atoms with Gasteiger partial charge in [0.2, 0.25) is 0 Å². The molecule has 1 fully saturated rings. The molecule has 3 heterocycles. The van der Waals surface area contributed by atoms with Crippen LogP contribution in [0.2, 0.25) is 0 Å². The SMILES string of the molecule is Cc1nncn1C1CCN(c2c(C#N)cccc2-c2cnccc2CO)CC1. The smallest absolute Gasteiger partial charge is 0.129 e. The number of para-hydroxylation sites is 1. The van der Waals surface area contributed by atoms with Gasteiger partial charge in [-0.1, -0.05) is 12.1 Å². The van der Waals surface area contributed by atoms with Gasteiger partial charge in [-0.25, -0.2) is 0 Å². The van der Waals surface area contributed by atoms with Crippen LogP contribution < -0.4 is 4.90 Å². The lowest BCUT2D eigenvalue weighted by molar-refractivity contribution is 0.282. The van der Waals surface area contributed by atoms with Crippen molar-refractivity contribution in [3.8, 4) is 17.2 Å². The Morgan fingerprint density at radius 3 is 2.71 bits per heavy atom. The predicted molar refractivity (Wildman–Crippen MR) is 106 cm³/mol. The molecule has 0 radical (unpaired) electrons. The number of benzene rings is 1. The lowest BCUT2D eigenvalue weighted by Crippen LogP contribution is -2.35. The number of nitriles is 1. The molecule has 7 heteroatoms. The van der Waals surface area contributed by atoms with E-state index in [1.165, 1.54) is 0 Å². The molecule has 2 aromatic heterocycles. The third-order valence-electron chi connectivity index (χ3n) is 5.45. The quantitative estimate of drug-likeness (QED) is 0.755. The zero-order valence-electron chi connectivity index (χ0n) is 15.8. The minimum atomic E-state index is -0.0664. The molecule has 7 nitrogen and oxygen atoms in total. The number of piperidine rings is 1. The Kier molecular flexibility index (Phi) is 5.04. The van der Waals surface area contributed by atoms with E-state index in [-0.39, 0.29) is 6.61 Å². The topological polar surface area (TPSA) is 90.9 Å². The second-order valence-electron chi connectivity index (χ2n) is 7.01. The van der Waals surface area contributed by atoms with Gasteiger partial charge in [-0.3, -0.25) is 4.98 Å². The Morgan fingerprint density at radius 2 is 2.04 bits per heavy atom. The standard InChI is InChI=1S/C21H22N6O/c1-15-25-24-14-27(15)18-6-9-26(10-7-18)21-16(11-22)3-2-4-19(21)20-12-23-8-5-17(20)13-28/h2-5,8,12,14,18,28H,6-7,9-10,13H2,1H3. The van der Waals surface area contributed by atoms with E-state index in [1.54, 1.807) is 18.7 Å². The molecule has 28 heavy (non-hydrogen) atoms. The van der Waals surface area contributed by atoms with Crippen molar-refractivity contribution < 1.29 is 5.11 Å². The summed E-state index contributed by atoms with van der Waals surface area (Å²) in [6.07, 6.45) is 7.15. The molecule has 0 amide bonds. The maximum absolute atomic E-state index is 9.75. The molecule has 1 aliphatic heterocycles. The highest BCUT2D eigenvalue weighted by atomic mass is 16.3. The Morgan fingerprint density at radius 1 is 1.21 bits per heavy atom. The summed E-state index contributed by atoms with van der Waals surface area (Å²) in [6, 6.07) is 10.3. The van der Waals surface area contributed by atoms with Crippen LogP contribution in [-0.4, -0.2) is 37.9 Å². The predicted octanol–water partition coefficient (Wildman–Crippen LogP) is 2.85. The molecule has 0 aliphatic carbocycles. The van der Waals surface area contributed by atoms with Gasteiger partial charge in [0.1, 0.15) is 18.2 Å². The van der Waals surface area contributed by atoms with Gasteiger partial charge in [-0.15, -0.1) is 10.2 Å². The first-order valence-corrected chi connectivity index (χ1v) is 9.41. The second-order valence-corrected chi connectivity index (χ2v) is 7.01. The van der Waals surface area contributed by atoms with E-state index in [0.717, 1.165) is 54.1 Å². The first kappa shape index (κ1) is 18.1. The summed E-state index contributed by atoms with van der Waals surface area (Å²) in [5.41, 5.74) is 4.18. The van der Waals surface area contributed by atoms with Gasteiger partial charge in [-0.05, 0) is 37.5 Å². The first-order chi connectivity index (χ1) is 13.7. The van der Waals surface area contributed by atoms with Crippen molar-refractivity contribution in [2.45, 2.75) is 32.4 Å². The van der Waals surface area contributed by atoms with Crippen molar-refractivity contribution in [3.63, 3.8) is 0 Å². The van der Waals surface area contributed by atoms with Crippen LogP contribution in [0.5, 0.6) is 0 Å². The monoisotopic (exact) mass is 374 g/mol. The number of hydrogen-bond acceptors (Lipinski definition) is 6. The van der Waals surface area contributed by atoms with Crippen molar-refractivity contribution in [2.24, 2.45) is 0 Å². The van der Waals surface area contributed by atoms with E-state index in [2.05, 4.69) is 30.7 Å². The lowest BCUT2D eigenvalue weighted by Gasteiger charge is -2.36. The van der Waals surface area contributed by atoms with Crippen LogP contribution >= 0.6 is 0 Å². The van der Waals surface area contributed by atoms with Gasteiger partial charge in [0.25, 0.3) is 0 Å². The summed E-state index contributed by atoms with van der Waals surface area (Å²) in [7, 11) is 0. The highest BCUT2D eigenvalue weighted by Crippen LogP contribution is 2.38. The number of anilines is 1. The van der Waals surface area contributed by atoms with Gasteiger partial charge >= 0.3 is 0 Å². The van der Waals surface area contributed by atoms with Crippen LogP contribution in [0.15, 0.2) is 43.0 Å². The molecule has 1 N–H and O–H groups in total. The molecule has 1 aliphatic rings. The van der Waals surface area contributed by atoms with Gasteiger partial charge in [0.15, 0.2) is 0 Å². The van der Waals surface area contributed by atoms with E-state index in [0.29, 0.717) is 11.6 Å². The van der Waals surface area contributed by atoms with E-state index in [1.807, 2.05) is 31.2 Å². The third kappa shape index (κ3) is 3.23. The molecule has 1 saturated heterocycles. The zero-order chi connectivity index (χ0) is 19.5. The highest BCUT2D eigenvalue weighted by Gasteiger charge is 2.25. The Labute approximate surface area is 163 Å². The number of aromatic nitrogens is 4. The van der Waals surface area contributed by atoms with Gasteiger partial charge in [0, 0.05) is 42.7 Å². The molecular formula is C21H22N6O. The summed E-state index contributed by atoms with van der Waals surface area (Å²) >= 11 is 0. The van der Waals surface area contributed by atoms with Gasteiger partial charge in [-0.2, -0.15) is 5.26 Å². The summed E-state index contributed by atoms with van der Waals surface area (Å²) in [5.74, 6) is 0.930. The van der Waals surface area contributed by atoms with E-state index in [9.17, 15) is 10.4 Å². The minimum absolute atomic E-state index is 0.0664. The summed E-state index contributed by atoms with van der Waals surface area (Å²) in [4.78, 5) is 6.51. The number of rotatable bonds is 4. The van der Waals surface area contributed by atoms with Crippen LogP contribution in [0, 0.1) is 18.3 Å². The van der Waals surface area contributed by atoms with Crippen molar-refractivity contribution in [3.05, 3.63) is 59.9 Å². The summed E-state index contributed by atoms with van der Waals surface area (Å²) in [5, 5.41) is 27.6. The number of aryl methyl sites for hydroxylation is 1. The normalized spacial score (nSPS) is 14.8. The van der Waals surface area contributed by atoms with Crippen molar-refractivity contribution in [1.29, 1.82) is 5.26 Å². The van der Waals surface area contributed by atoms with E-state index >= 15 is 0 Å². The molecule has 3 aromatic rings. The van der Waals surface area contributed by atoms with Crippen LogP contribution in [-0.2, 0) is 6.61 Å². The molecule has 0 bridgehead atoms. The molecule has 0 atom stereocenters. The fourth-order valence-corrected chi connectivity index (χ4v) is 4.02. The minimum Gasteiger partial charge on any atom is -0.392 e. The molecule has 4 rings (SSSR count). The number of aliphatic hydroxyl groups is 1. The molecular weight excluding hydrogens is 352 g/mol. The summed E-state index contributed by atoms with van der Waals surface area (Å²) < 4.78 is 2.14. The molecule has 0 saturated carbocycles. The average Bonchev–Trinajstić information content (AvgIpc) is 3.19. The maximum atomic E-state index is 9.75. The Bertz CT molecular complexity index is 1010. The Balaban J connectivity index is 1.69. The molecule has 1 aromatic carbocycles. The van der Waals surface area contributed by atoms with Gasteiger partial charge < -0.3 is 14.6 Å². The number of aliphatic hydroxyl groups excluding tert-OH is 1. The number of hydrogen-bond donors (Lipinski definition) is 1. The van der Waals surface area contributed by atoms with Crippen molar-refractivity contribution >= 4 is 5.69 Å². The van der Waals surface area contributed by atoms with E-state index < -0.39 is 0 Å². The van der Waals surface area contributed by atoms with Crippen LogP contribution in [0.25, 0.3) is 11.1 Å². The fraction of sp³-hybridized carbons (Fsp3) is 0.333. The van der Waals surface area contributed by atoms with Crippen molar-refractivity contribution in [2.75, 3.05) is 18.0 Å². The average molecular weight is 374 g/mol. The largest absolute Gasteiger partial charge is 0.392 e. The number of nitrogens with zero attached hydrogens (tertiary/aromatic N) is 6. The van der Waals surface area contributed by atoms with E-state index in [4.69, 9.17) is 0 Å². The first-order valence-electron chi connectivity index (χ1n) is 9.41. The Hall–Kier alpha value is -3.24. The second kappa shape index (κ2) is 7.79. The molecule has 0 spiro atoms. The summed E-state index contributed by atoms with van der Waals surface area (Å²) in [6.45, 7) is 3.58. The van der Waals surface area contributed by atoms with Crippen molar-refractivity contribution in [1.82, 2.24) is 19.7 Å². The van der Waals surface area contributed by atoms with Crippen LogP contribution in [0.1, 0.15) is 35.8 Å². The molecule has 142 valence electrons. The highest BCUT2D eigenvalue weighted by molar-refractivity contribution is 5.84. The third-order valence-corrected chi connectivity index (χ3v) is 5.45. The zero-order valence-corrected chi connectivity index (χ0v) is 15.8. The lowest BCUT2D eigenvalue weighted by atomic mass is 9.95. The molecule has 0 unspecified atom stereocenters. The van der Waals surface area contributed by atoms with Gasteiger partial charge in [0.05, 0.1) is 17.9 Å². The number of pyridine rings is 1.